The van der Waals surface area contributed by atoms with E-state index in [9.17, 15) is 8.42 Å². The number of aliphatic hydroxyl groups is 1. The van der Waals surface area contributed by atoms with Gasteiger partial charge in [-0.1, -0.05) is 12.1 Å². The molecule has 106 valence electrons. The number of hydrogen-bond acceptors (Lipinski definition) is 4. The van der Waals surface area contributed by atoms with Crippen molar-refractivity contribution in [2.24, 2.45) is 0 Å². The summed E-state index contributed by atoms with van der Waals surface area (Å²) in [6.07, 6.45) is 1.65. The number of fused-ring (bicyclic) bond motifs is 1. The second-order valence-electron chi connectivity index (χ2n) is 4.49. The number of ether oxygens (including phenoxy) is 1. The molecule has 0 amide bonds. The van der Waals surface area contributed by atoms with Gasteiger partial charge in [-0.15, -0.1) is 0 Å². The SMILES string of the molecule is O=S(=O)(CCCCO)N1CCCOc2ccccc21. The van der Waals surface area contributed by atoms with E-state index >= 15 is 0 Å². The molecule has 1 aromatic carbocycles. The van der Waals surface area contributed by atoms with Gasteiger partial charge in [-0.05, 0) is 25.0 Å². The highest BCUT2D eigenvalue weighted by Crippen LogP contribution is 2.32. The normalized spacial score (nSPS) is 15.5. The Kier molecular flexibility index (Phi) is 4.66. The molecule has 0 aromatic heterocycles. The maximum atomic E-state index is 12.4. The Hall–Kier alpha value is -1.27. The van der Waals surface area contributed by atoms with Crippen LogP contribution in [0.1, 0.15) is 19.3 Å². The van der Waals surface area contributed by atoms with E-state index in [1.165, 1.54) is 4.31 Å². The largest absolute Gasteiger partial charge is 0.491 e. The fourth-order valence-corrected chi connectivity index (χ4v) is 3.74. The smallest absolute Gasteiger partial charge is 0.235 e. The second-order valence-corrected chi connectivity index (χ2v) is 6.50. The molecule has 0 radical (unpaired) electrons. The molecule has 0 saturated carbocycles. The first kappa shape index (κ1) is 14.1. The summed E-state index contributed by atoms with van der Waals surface area (Å²) in [4.78, 5) is 0. The Morgan fingerprint density at radius 1 is 1.26 bits per heavy atom. The van der Waals surface area contributed by atoms with Gasteiger partial charge >= 0.3 is 0 Å². The third kappa shape index (κ3) is 3.39. The van der Waals surface area contributed by atoms with E-state index in [1.54, 1.807) is 12.1 Å². The Labute approximate surface area is 113 Å². The van der Waals surface area contributed by atoms with Gasteiger partial charge in [0.25, 0.3) is 0 Å². The molecule has 0 spiro atoms. The Morgan fingerprint density at radius 3 is 2.84 bits per heavy atom. The van der Waals surface area contributed by atoms with Crippen molar-refractivity contribution >= 4 is 15.7 Å². The van der Waals surface area contributed by atoms with Crippen LogP contribution in [-0.4, -0.2) is 39.0 Å². The Morgan fingerprint density at radius 2 is 2.05 bits per heavy atom. The number of benzene rings is 1. The molecule has 0 unspecified atom stereocenters. The van der Waals surface area contributed by atoms with Crippen LogP contribution >= 0.6 is 0 Å². The van der Waals surface area contributed by atoms with Crippen LogP contribution in [-0.2, 0) is 10.0 Å². The lowest BCUT2D eigenvalue weighted by Gasteiger charge is -2.23. The van der Waals surface area contributed by atoms with Crippen molar-refractivity contribution < 1.29 is 18.3 Å². The van der Waals surface area contributed by atoms with E-state index in [0.717, 1.165) is 0 Å². The lowest BCUT2D eigenvalue weighted by atomic mass is 10.3. The van der Waals surface area contributed by atoms with Gasteiger partial charge in [-0.25, -0.2) is 8.42 Å². The summed E-state index contributed by atoms with van der Waals surface area (Å²) >= 11 is 0. The molecule has 2 rings (SSSR count). The van der Waals surface area contributed by atoms with Crippen molar-refractivity contribution in [3.05, 3.63) is 24.3 Å². The number of unbranched alkanes of at least 4 members (excludes halogenated alkanes) is 1. The third-order valence-corrected chi connectivity index (χ3v) is 4.90. The molecule has 0 bridgehead atoms. The predicted octanol–water partition coefficient (Wildman–Crippen LogP) is 1.38. The van der Waals surface area contributed by atoms with Gasteiger partial charge in [0.15, 0.2) is 0 Å². The van der Waals surface area contributed by atoms with E-state index in [1.807, 2.05) is 12.1 Å². The van der Waals surface area contributed by atoms with Gasteiger partial charge in [-0.2, -0.15) is 0 Å². The highest BCUT2D eigenvalue weighted by Gasteiger charge is 2.26. The third-order valence-electron chi connectivity index (χ3n) is 3.04. The maximum absolute atomic E-state index is 12.4. The second kappa shape index (κ2) is 6.25. The molecular weight excluding hydrogens is 266 g/mol. The van der Waals surface area contributed by atoms with Gasteiger partial charge in [-0.3, -0.25) is 4.31 Å². The first-order chi connectivity index (χ1) is 9.15. The highest BCUT2D eigenvalue weighted by atomic mass is 32.2. The molecule has 0 aliphatic carbocycles. The van der Waals surface area contributed by atoms with Gasteiger partial charge in [0.05, 0.1) is 18.0 Å². The molecule has 1 aromatic rings. The van der Waals surface area contributed by atoms with Crippen molar-refractivity contribution in [3.63, 3.8) is 0 Å². The summed E-state index contributed by atoms with van der Waals surface area (Å²) in [5.41, 5.74) is 0.615. The number of rotatable bonds is 5. The molecule has 1 aliphatic heterocycles. The highest BCUT2D eigenvalue weighted by molar-refractivity contribution is 7.92. The topological polar surface area (TPSA) is 66.8 Å². The summed E-state index contributed by atoms with van der Waals surface area (Å²) in [5, 5.41) is 8.75. The van der Waals surface area contributed by atoms with Crippen molar-refractivity contribution in [2.45, 2.75) is 19.3 Å². The van der Waals surface area contributed by atoms with Crippen LogP contribution < -0.4 is 9.04 Å². The van der Waals surface area contributed by atoms with Crippen LogP contribution in [0.5, 0.6) is 5.75 Å². The van der Waals surface area contributed by atoms with E-state index in [-0.39, 0.29) is 12.4 Å². The minimum absolute atomic E-state index is 0.0230. The van der Waals surface area contributed by atoms with E-state index in [4.69, 9.17) is 9.84 Å². The van der Waals surface area contributed by atoms with Crippen molar-refractivity contribution in [3.8, 4) is 5.75 Å². The minimum atomic E-state index is -3.35. The molecular formula is C13H19NO4S. The summed E-state index contributed by atoms with van der Waals surface area (Å²) in [6.45, 7) is 0.993. The molecule has 19 heavy (non-hydrogen) atoms. The number of hydrogen-bond donors (Lipinski definition) is 1. The average Bonchev–Trinajstić information content (AvgIpc) is 2.61. The van der Waals surface area contributed by atoms with Crippen molar-refractivity contribution in [1.29, 1.82) is 0 Å². The van der Waals surface area contributed by atoms with Crippen molar-refractivity contribution in [1.82, 2.24) is 0 Å². The Balaban J connectivity index is 2.23. The Bertz CT molecular complexity index is 515. The molecule has 1 aliphatic rings. The van der Waals surface area contributed by atoms with Gasteiger partial charge in [0, 0.05) is 19.6 Å². The predicted molar refractivity (Wildman–Crippen MR) is 74.0 cm³/mol. The summed E-state index contributed by atoms with van der Waals surface area (Å²) in [6, 6.07) is 7.20. The van der Waals surface area contributed by atoms with Crippen LogP contribution in [0.15, 0.2) is 24.3 Å². The fourth-order valence-electron chi connectivity index (χ4n) is 2.09. The zero-order valence-electron chi connectivity index (χ0n) is 10.8. The molecule has 6 heteroatoms. The first-order valence-corrected chi connectivity index (χ1v) is 8.09. The van der Waals surface area contributed by atoms with Gasteiger partial charge < -0.3 is 9.84 Å². The quantitative estimate of drug-likeness (QED) is 0.830. The minimum Gasteiger partial charge on any atom is -0.491 e. The number of anilines is 1. The van der Waals surface area contributed by atoms with Gasteiger partial charge in [0.1, 0.15) is 5.75 Å². The molecule has 1 heterocycles. The van der Waals surface area contributed by atoms with Crippen LogP contribution in [0, 0.1) is 0 Å². The maximum Gasteiger partial charge on any atom is 0.235 e. The molecule has 0 fully saturated rings. The number of nitrogens with zero attached hydrogens (tertiary/aromatic N) is 1. The zero-order chi connectivity index (χ0) is 13.7. The van der Waals surface area contributed by atoms with Crippen LogP contribution in [0.2, 0.25) is 0 Å². The average molecular weight is 285 g/mol. The van der Waals surface area contributed by atoms with Crippen LogP contribution in [0.4, 0.5) is 5.69 Å². The van der Waals surface area contributed by atoms with Crippen LogP contribution in [0.3, 0.4) is 0 Å². The lowest BCUT2D eigenvalue weighted by molar-refractivity contribution is 0.287. The first-order valence-electron chi connectivity index (χ1n) is 6.48. The van der Waals surface area contributed by atoms with E-state index in [0.29, 0.717) is 43.9 Å². The summed E-state index contributed by atoms with van der Waals surface area (Å²) in [7, 11) is -3.35. The van der Waals surface area contributed by atoms with Crippen molar-refractivity contribution in [2.75, 3.05) is 29.8 Å². The molecule has 0 saturated heterocycles. The van der Waals surface area contributed by atoms with Crippen LogP contribution in [0.25, 0.3) is 0 Å². The fraction of sp³-hybridized carbons (Fsp3) is 0.538. The molecule has 0 atom stereocenters. The van der Waals surface area contributed by atoms with E-state index in [2.05, 4.69) is 0 Å². The summed E-state index contributed by atoms with van der Waals surface area (Å²) < 4.78 is 31.7. The number of sulfonamides is 1. The number of para-hydroxylation sites is 2. The monoisotopic (exact) mass is 285 g/mol. The van der Waals surface area contributed by atoms with Gasteiger partial charge in [0.2, 0.25) is 10.0 Å². The number of aliphatic hydroxyl groups excluding tert-OH is 1. The molecule has 5 nitrogen and oxygen atoms in total. The lowest BCUT2D eigenvalue weighted by Crippen LogP contribution is -2.33. The van der Waals surface area contributed by atoms with E-state index < -0.39 is 10.0 Å². The molecule has 1 N–H and O–H groups in total. The standard InChI is InChI=1S/C13H19NO4S/c15-9-3-4-11-19(16,17)14-8-5-10-18-13-7-2-1-6-12(13)14/h1-2,6-7,15H,3-5,8-11H2. The zero-order valence-corrected chi connectivity index (χ0v) is 11.6. The summed E-state index contributed by atoms with van der Waals surface area (Å²) in [5.74, 6) is 0.674.